The van der Waals surface area contributed by atoms with Gasteiger partial charge in [-0.15, -0.1) is 0 Å². The quantitative estimate of drug-likeness (QED) is 0.882. The average Bonchev–Trinajstić information content (AvgIpc) is 2.93. The third kappa shape index (κ3) is 3.83. The summed E-state index contributed by atoms with van der Waals surface area (Å²) in [5, 5.41) is 3.33. The minimum atomic E-state index is -0.0944. The number of rotatable bonds is 5. The van der Waals surface area contributed by atoms with Crippen molar-refractivity contribution < 1.29 is 4.79 Å². The number of likely N-dealkylation sites (tertiary alicyclic amines) is 1. The smallest absolute Gasteiger partial charge is 0.239 e. The molecule has 1 aromatic rings. The number of carbonyl (C=O) groups excluding carboxylic acids is 1. The number of aromatic nitrogens is 1. The fraction of sp³-hybridized carbons (Fsp3) is 0.667. The molecule has 4 heteroatoms. The van der Waals surface area contributed by atoms with E-state index in [4.69, 9.17) is 0 Å². The highest BCUT2D eigenvalue weighted by atomic mass is 16.2. The van der Waals surface area contributed by atoms with E-state index in [0.29, 0.717) is 0 Å². The lowest BCUT2D eigenvalue weighted by molar-refractivity contribution is -0.133. The molecule has 1 fully saturated rings. The van der Waals surface area contributed by atoms with Crippen LogP contribution in [-0.2, 0) is 17.9 Å². The summed E-state index contributed by atoms with van der Waals surface area (Å²) in [5.74, 6) is 0.245. The number of nitrogens with zero attached hydrogens (tertiary/aromatic N) is 2. The van der Waals surface area contributed by atoms with Crippen LogP contribution < -0.4 is 5.32 Å². The fourth-order valence-electron chi connectivity index (χ4n) is 2.54. The second-order valence-electron chi connectivity index (χ2n) is 5.34. The highest BCUT2D eigenvalue weighted by molar-refractivity contribution is 5.81. The van der Waals surface area contributed by atoms with Crippen LogP contribution in [-0.4, -0.2) is 34.5 Å². The largest absolute Gasteiger partial charge is 0.354 e. The maximum Gasteiger partial charge on any atom is 0.239 e. The summed E-state index contributed by atoms with van der Waals surface area (Å²) in [5.41, 5.74) is 1.24. The molecule has 0 aromatic carbocycles. The Labute approximate surface area is 115 Å². The van der Waals surface area contributed by atoms with Crippen LogP contribution in [0.5, 0.6) is 0 Å². The first-order valence-electron chi connectivity index (χ1n) is 7.37. The Morgan fingerprint density at radius 1 is 1.37 bits per heavy atom. The van der Waals surface area contributed by atoms with Gasteiger partial charge < -0.3 is 14.8 Å². The van der Waals surface area contributed by atoms with Gasteiger partial charge in [0.2, 0.25) is 5.91 Å². The zero-order valence-corrected chi connectivity index (χ0v) is 12.1. The average molecular weight is 263 g/mol. The third-order valence-electron chi connectivity index (χ3n) is 3.83. The summed E-state index contributed by atoms with van der Waals surface area (Å²) >= 11 is 0. The number of carbonyl (C=O) groups is 1. The maximum atomic E-state index is 12.2. The van der Waals surface area contributed by atoms with Crippen LogP contribution >= 0.6 is 0 Å². The first kappa shape index (κ1) is 14.1. The highest BCUT2D eigenvalue weighted by Crippen LogP contribution is 2.10. The Morgan fingerprint density at radius 2 is 2.11 bits per heavy atom. The minimum Gasteiger partial charge on any atom is -0.354 e. The van der Waals surface area contributed by atoms with Crippen LogP contribution in [0.4, 0.5) is 0 Å². The molecule has 4 nitrogen and oxygen atoms in total. The molecule has 2 rings (SSSR count). The van der Waals surface area contributed by atoms with E-state index < -0.39 is 0 Å². The van der Waals surface area contributed by atoms with E-state index in [-0.39, 0.29) is 11.9 Å². The van der Waals surface area contributed by atoms with Gasteiger partial charge in [-0.2, -0.15) is 0 Å². The molecule has 1 unspecified atom stereocenters. The number of nitrogens with one attached hydrogen (secondary N) is 1. The van der Waals surface area contributed by atoms with Gasteiger partial charge in [0.1, 0.15) is 0 Å². The standard InChI is InChI=1S/C15H25N3O/c1-3-17-10-7-14(12-17)11-16-13(2)15(19)18-8-5-4-6-9-18/h7,10,12-13,16H,3-6,8-9,11H2,1-2H3. The van der Waals surface area contributed by atoms with Crippen molar-refractivity contribution in [3.63, 3.8) is 0 Å². The first-order valence-corrected chi connectivity index (χ1v) is 7.37. The highest BCUT2D eigenvalue weighted by Gasteiger charge is 2.21. The lowest BCUT2D eigenvalue weighted by Gasteiger charge is -2.29. The van der Waals surface area contributed by atoms with Crippen LogP contribution in [0, 0.1) is 0 Å². The molecule has 0 bridgehead atoms. The van der Waals surface area contributed by atoms with Gasteiger partial charge in [0.25, 0.3) is 0 Å². The SMILES string of the molecule is CCn1ccc(CNC(C)C(=O)N2CCCCC2)c1. The van der Waals surface area contributed by atoms with Crippen LogP contribution in [0.3, 0.4) is 0 Å². The van der Waals surface area contributed by atoms with Crippen LogP contribution in [0.15, 0.2) is 18.5 Å². The summed E-state index contributed by atoms with van der Waals surface area (Å²) in [6, 6.07) is 2.01. The topological polar surface area (TPSA) is 37.3 Å². The molecule has 1 aliphatic rings. The monoisotopic (exact) mass is 263 g/mol. The lowest BCUT2D eigenvalue weighted by atomic mass is 10.1. The van der Waals surface area contributed by atoms with E-state index in [0.717, 1.165) is 39.0 Å². The number of piperidine rings is 1. The van der Waals surface area contributed by atoms with E-state index in [2.05, 4.69) is 35.3 Å². The van der Waals surface area contributed by atoms with Gasteiger partial charge >= 0.3 is 0 Å². The molecule has 1 aliphatic heterocycles. The number of hydrogen-bond acceptors (Lipinski definition) is 2. The number of hydrogen-bond donors (Lipinski definition) is 1. The third-order valence-corrected chi connectivity index (χ3v) is 3.83. The summed E-state index contributed by atoms with van der Waals surface area (Å²) in [6.45, 7) is 7.69. The van der Waals surface area contributed by atoms with Gasteiger partial charge in [-0.3, -0.25) is 4.79 Å². The Balaban J connectivity index is 1.79. The van der Waals surface area contributed by atoms with E-state index >= 15 is 0 Å². The van der Waals surface area contributed by atoms with E-state index in [1.807, 2.05) is 11.8 Å². The molecule has 0 radical (unpaired) electrons. The summed E-state index contributed by atoms with van der Waals surface area (Å²) < 4.78 is 2.15. The predicted molar refractivity (Wildman–Crippen MR) is 76.8 cm³/mol. The van der Waals surface area contributed by atoms with Crippen molar-refractivity contribution in [1.82, 2.24) is 14.8 Å². The Morgan fingerprint density at radius 3 is 2.74 bits per heavy atom. The fourth-order valence-corrected chi connectivity index (χ4v) is 2.54. The molecule has 0 aliphatic carbocycles. The molecule has 1 atom stereocenters. The van der Waals surface area contributed by atoms with Gasteiger partial charge in [-0.1, -0.05) is 0 Å². The molecule has 1 aromatic heterocycles. The van der Waals surface area contributed by atoms with Crippen molar-refractivity contribution in [1.29, 1.82) is 0 Å². The van der Waals surface area contributed by atoms with Crippen molar-refractivity contribution in [3.05, 3.63) is 24.0 Å². The Kier molecular flexibility index (Phi) is 5.02. The zero-order chi connectivity index (χ0) is 13.7. The van der Waals surface area contributed by atoms with E-state index in [1.54, 1.807) is 0 Å². The lowest BCUT2D eigenvalue weighted by Crippen LogP contribution is -2.46. The summed E-state index contributed by atoms with van der Waals surface area (Å²) in [7, 11) is 0. The molecule has 1 amide bonds. The van der Waals surface area contributed by atoms with Crippen LogP contribution in [0.2, 0.25) is 0 Å². The molecular formula is C15H25N3O. The van der Waals surface area contributed by atoms with Gasteiger partial charge in [-0.25, -0.2) is 0 Å². The molecule has 0 spiro atoms. The minimum absolute atomic E-state index is 0.0944. The van der Waals surface area contributed by atoms with Crippen molar-refractivity contribution in [2.75, 3.05) is 13.1 Å². The van der Waals surface area contributed by atoms with Gasteiger partial charge in [0, 0.05) is 38.6 Å². The predicted octanol–water partition coefficient (Wildman–Crippen LogP) is 2.00. The molecule has 0 saturated carbocycles. The Bertz CT molecular complexity index is 407. The normalized spacial score (nSPS) is 17.5. The van der Waals surface area contributed by atoms with Crippen LogP contribution in [0.1, 0.15) is 38.7 Å². The van der Waals surface area contributed by atoms with Crippen molar-refractivity contribution in [2.24, 2.45) is 0 Å². The number of amides is 1. The van der Waals surface area contributed by atoms with Gasteiger partial charge in [-0.05, 0) is 44.7 Å². The van der Waals surface area contributed by atoms with E-state index in [1.165, 1.54) is 12.0 Å². The molecule has 2 heterocycles. The molecule has 1 saturated heterocycles. The van der Waals surface area contributed by atoms with Crippen molar-refractivity contribution in [2.45, 2.75) is 52.2 Å². The summed E-state index contributed by atoms with van der Waals surface area (Å²) in [4.78, 5) is 14.2. The zero-order valence-electron chi connectivity index (χ0n) is 12.1. The Hall–Kier alpha value is -1.29. The second kappa shape index (κ2) is 6.75. The van der Waals surface area contributed by atoms with Gasteiger partial charge in [0.05, 0.1) is 6.04 Å². The molecule has 19 heavy (non-hydrogen) atoms. The molecule has 1 N–H and O–H groups in total. The number of aryl methyl sites for hydroxylation is 1. The second-order valence-corrected chi connectivity index (χ2v) is 5.34. The van der Waals surface area contributed by atoms with Crippen molar-refractivity contribution in [3.8, 4) is 0 Å². The van der Waals surface area contributed by atoms with Gasteiger partial charge in [0.15, 0.2) is 0 Å². The van der Waals surface area contributed by atoms with E-state index in [9.17, 15) is 4.79 Å². The van der Waals surface area contributed by atoms with Crippen LogP contribution in [0.25, 0.3) is 0 Å². The summed E-state index contributed by atoms with van der Waals surface area (Å²) in [6.07, 6.45) is 7.77. The molecule has 106 valence electrons. The molecular weight excluding hydrogens is 238 g/mol. The van der Waals surface area contributed by atoms with Crippen molar-refractivity contribution >= 4 is 5.91 Å². The first-order chi connectivity index (χ1) is 9.20. The maximum absolute atomic E-state index is 12.2.